The first-order chi connectivity index (χ1) is 15.9. The Kier molecular flexibility index (Phi) is 7.83. The molecule has 0 aromatic heterocycles. The number of benzene rings is 2. The number of ether oxygens (including phenoxy) is 1. The van der Waals surface area contributed by atoms with Crippen molar-refractivity contribution in [2.45, 2.75) is 65.7 Å². The molecule has 1 saturated heterocycles. The molecule has 5 nitrogen and oxygen atoms in total. The Hall–Kier alpha value is -2.70. The van der Waals surface area contributed by atoms with Crippen LogP contribution in [0.1, 0.15) is 48.0 Å². The van der Waals surface area contributed by atoms with Crippen LogP contribution >= 0.6 is 0 Å². The van der Waals surface area contributed by atoms with E-state index in [9.17, 15) is 9.59 Å². The molecular formula is C28H37NO4Si. The van der Waals surface area contributed by atoms with Crippen molar-refractivity contribution in [1.29, 1.82) is 0 Å². The highest BCUT2D eigenvalue weighted by molar-refractivity contribution is 6.80. The molecule has 6 heteroatoms. The van der Waals surface area contributed by atoms with Gasteiger partial charge in [0, 0.05) is 12.3 Å². The number of imide groups is 1. The molecule has 0 spiro atoms. The summed E-state index contributed by atoms with van der Waals surface area (Å²) < 4.78 is 12.7. The Bertz CT molecular complexity index is 955. The number of carbonyl (C=O) groups is 2. The third kappa shape index (κ3) is 6.04. The molecule has 34 heavy (non-hydrogen) atoms. The molecule has 1 heterocycles. The number of rotatable bonds is 6. The van der Waals surface area contributed by atoms with Crippen LogP contribution in [0.3, 0.4) is 0 Å². The van der Waals surface area contributed by atoms with Crippen molar-refractivity contribution in [2.24, 2.45) is 11.3 Å². The first-order valence-electron chi connectivity index (χ1n) is 11.9. The maximum absolute atomic E-state index is 13.2. The SMILES string of the molecule is C=C[C@H]1CC(=O)N(C(=O)OC(C)(C)C)[C@@H]1C(O[SiH](c1ccccc1)c1ccccc1)C(C)(C)C. The largest absolute Gasteiger partial charge is 0.443 e. The Morgan fingerprint density at radius 3 is 1.91 bits per heavy atom. The van der Waals surface area contributed by atoms with Gasteiger partial charge in [0.15, 0.2) is 0 Å². The van der Waals surface area contributed by atoms with Crippen molar-refractivity contribution in [3.05, 3.63) is 73.3 Å². The number of carbonyl (C=O) groups excluding carboxylic acids is 2. The van der Waals surface area contributed by atoms with Gasteiger partial charge in [-0.25, -0.2) is 9.69 Å². The zero-order valence-corrected chi connectivity index (χ0v) is 22.3. The van der Waals surface area contributed by atoms with Crippen molar-refractivity contribution < 1.29 is 18.8 Å². The lowest BCUT2D eigenvalue weighted by molar-refractivity contribution is -0.130. The predicted molar refractivity (Wildman–Crippen MR) is 139 cm³/mol. The molecule has 2 aromatic carbocycles. The van der Waals surface area contributed by atoms with Crippen LogP contribution in [-0.2, 0) is 14.0 Å². The van der Waals surface area contributed by atoms with E-state index in [-0.39, 0.29) is 23.7 Å². The number of nitrogens with zero attached hydrogens (tertiary/aromatic N) is 1. The number of likely N-dealkylation sites (tertiary alicyclic amines) is 1. The van der Waals surface area contributed by atoms with Gasteiger partial charge in [-0.2, -0.15) is 0 Å². The summed E-state index contributed by atoms with van der Waals surface area (Å²) in [6.45, 7) is 15.7. The third-order valence-electron chi connectivity index (χ3n) is 5.96. The molecule has 0 N–H and O–H groups in total. The van der Waals surface area contributed by atoms with Crippen LogP contribution in [0.5, 0.6) is 0 Å². The molecule has 0 bridgehead atoms. The van der Waals surface area contributed by atoms with Crippen LogP contribution in [0.15, 0.2) is 73.3 Å². The predicted octanol–water partition coefficient (Wildman–Crippen LogP) is 4.29. The second-order valence-corrected chi connectivity index (χ2v) is 13.3. The summed E-state index contributed by atoms with van der Waals surface area (Å²) in [7, 11) is -2.15. The summed E-state index contributed by atoms with van der Waals surface area (Å²) in [5.41, 5.74) is -1.07. The van der Waals surface area contributed by atoms with Crippen molar-refractivity contribution >= 4 is 31.4 Å². The summed E-state index contributed by atoms with van der Waals surface area (Å²) in [5.74, 6) is -0.468. The van der Waals surface area contributed by atoms with Crippen LogP contribution < -0.4 is 10.4 Å². The Balaban J connectivity index is 2.07. The Labute approximate surface area is 205 Å². The zero-order chi connectivity index (χ0) is 25.1. The van der Waals surface area contributed by atoms with Crippen molar-refractivity contribution in [2.75, 3.05) is 0 Å². The summed E-state index contributed by atoms with van der Waals surface area (Å²) in [6.07, 6.45) is 0.956. The monoisotopic (exact) mass is 479 g/mol. The first-order valence-corrected chi connectivity index (χ1v) is 13.5. The molecule has 1 fully saturated rings. The lowest BCUT2D eigenvalue weighted by Crippen LogP contribution is -2.58. The number of amides is 2. The van der Waals surface area contributed by atoms with Gasteiger partial charge in [0.2, 0.25) is 14.9 Å². The van der Waals surface area contributed by atoms with Crippen LogP contribution in [0, 0.1) is 11.3 Å². The summed E-state index contributed by atoms with van der Waals surface area (Å²) in [4.78, 5) is 27.6. The molecule has 2 aromatic rings. The van der Waals surface area contributed by atoms with Gasteiger partial charge in [-0.1, -0.05) is 87.5 Å². The third-order valence-corrected chi connectivity index (χ3v) is 8.51. The van der Waals surface area contributed by atoms with Gasteiger partial charge in [-0.05, 0) is 36.6 Å². The minimum absolute atomic E-state index is 0.215. The Morgan fingerprint density at radius 2 is 1.50 bits per heavy atom. The molecule has 3 atom stereocenters. The molecule has 2 amide bonds. The van der Waals surface area contributed by atoms with Crippen LogP contribution in [-0.4, -0.2) is 43.7 Å². The van der Waals surface area contributed by atoms with Gasteiger partial charge in [0.1, 0.15) is 5.60 Å². The highest BCUT2D eigenvalue weighted by atomic mass is 28.3. The normalized spacial score (nSPS) is 19.9. The molecule has 3 rings (SSSR count). The molecule has 0 saturated carbocycles. The quantitative estimate of drug-likeness (QED) is 0.458. The van der Waals surface area contributed by atoms with Crippen LogP contribution in [0.2, 0.25) is 0 Å². The zero-order valence-electron chi connectivity index (χ0n) is 21.2. The van der Waals surface area contributed by atoms with E-state index < -0.39 is 32.9 Å². The lowest BCUT2D eigenvalue weighted by Gasteiger charge is -2.42. The van der Waals surface area contributed by atoms with Crippen LogP contribution in [0.25, 0.3) is 0 Å². The fraction of sp³-hybridized carbons (Fsp3) is 0.429. The van der Waals surface area contributed by atoms with E-state index in [4.69, 9.17) is 9.16 Å². The van der Waals surface area contributed by atoms with E-state index in [1.165, 1.54) is 4.90 Å². The van der Waals surface area contributed by atoms with Crippen molar-refractivity contribution in [3.8, 4) is 0 Å². The van der Waals surface area contributed by atoms with Gasteiger partial charge in [-0.15, -0.1) is 6.58 Å². The second-order valence-electron chi connectivity index (χ2n) is 11.0. The first kappa shape index (κ1) is 25.9. The average Bonchev–Trinajstić information content (AvgIpc) is 3.09. The Morgan fingerprint density at radius 1 is 1.00 bits per heavy atom. The molecule has 0 radical (unpaired) electrons. The number of hydrogen-bond acceptors (Lipinski definition) is 4. The van der Waals surface area contributed by atoms with E-state index in [2.05, 4.69) is 51.6 Å². The standard InChI is InChI=1S/C28H37NO4Si/c1-8-20-19-23(30)29(26(31)32-28(5,6)7)24(20)25(27(2,3)4)33-34(21-15-11-9-12-16-21)22-17-13-10-14-18-22/h8-18,20,24-25,34H,1,19H2,2-7H3/t20-,24-,25?/m0/s1. The van der Waals surface area contributed by atoms with E-state index in [1.54, 1.807) is 26.8 Å². The van der Waals surface area contributed by atoms with Crippen molar-refractivity contribution in [3.63, 3.8) is 0 Å². The van der Waals surface area contributed by atoms with Crippen LogP contribution in [0.4, 0.5) is 4.79 Å². The van der Waals surface area contributed by atoms with Gasteiger partial charge in [0.05, 0.1) is 12.1 Å². The summed E-state index contributed by atoms with van der Waals surface area (Å²) in [5, 5.41) is 2.29. The lowest BCUT2D eigenvalue weighted by atomic mass is 9.80. The molecule has 182 valence electrons. The fourth-order valence-corrected chi connectivity index (χ4v) is 7.15. The van der Waals surface area contributed by atoms with Gasteiger partial charge in [0.25, 0.3) is 0 Å². The minimum Gasteiger partial charge on any atom is -0.443 e. The topological polar surface area (TPSA) is 55.8 Å². The van der Waals surface area contributed by atoms with Gasteiger partial charge >= 0.3 is 6.09 Å². The molecule has 0 aliphatic carbocycles. The van der Waals surface area contributed by atoms with Crippen molar-refractivity contribution in [1.82, 2.24) is 4.90 Å². The summed E-state index contributed by atoms with van der Waals surface area (Å²) >= 11 is 0. The molecule has 1 aliphatic heterocycles. The smallest absolute Gasteiger partial charge is 0.417 e. The van der Waals surface area contributed by atoms with Gasteiger partial charge < -0.3 is 9.16 Å². The second kappa shape index (κ2) is 10.3. The van der Waals surface area contributed by atoms with E-state index in [0.717, 1.165) is 10.4 Å². The van der Waals surface area contributed by atoms with E-state index in [0.29, 0.717) is 0 Å². The fourth-order valence-electron chi connectivity index (χ4n) is 4.44. The molecule has 1 aliphatic rings. The molecular weight excluding hydrogens is 442 g/mol. The highest BCUT2D eigenvalue weighted by Gasteiger charge is 2.51. The summed E-state index contributed by atoms with van der Waals surface area (Å²) in [6, 6.07) is 20.0. The molecule has 1 unspecified atom stereocenters. The maximum Gasteiger partial charge on any atom is 0.417 e. The van der Waals surface area contributed by atoms with Gasteiger partial charge in [-0.3, -0.25) is 4.79 Å². The maximum atomic E-state index is 13.2. The minimum atomic E-state index is -2.15. The van der Waals surface area contributed by atoms with E-state index in [1.807, 2.05) is 36.4 Å². The number of hydrogen-bond donors (Lipinski definition) is 0. The van der Waals surface area contributed by atoms with E-state index >= 15 is 0 Å². The average molecular weight is 480 g/mol. The highest BCUT2D eigenvalue weighted by Crippen LogP contribution is 2.38.